The molecule has 0 aliphatic heterocycles. The SMILES string of the molecule is C[C@H](OC(=O)C[C@H](NC(N)=O)c1ccc(Cl)cc1)C(=O)NCCc1ccccc1. The van der Waals surface area contributed by atoms with Crippen molar-refractivity contribution >= 4 is 29.5 Å². The Kier molecular flexibility index (Phi) is 8.48. The van der Waals surface area contributed by atoms with Gasteiger partial charge in [-0.3, -0.25) is 9.59 Å². The molecule has 0 aliphatic rings. The van der Waals surface area contributed by atoms with E-state index in [1.54, 1.807) is 24.3 Å². The highest BCUT2D eigenvalue weighted by Crippen LogP contribution is 2.20. The van der Waals surface area contributed by atoms with Crippen LogP contribution in [-0.4, -0.2) is 30.6 Å². The average molecular weight is 418 g/mol. The summed E-state index contributed by atoms with van der Waals surface area (Å²) in [5.41, 5.74) is 6.94. The third kappa shape index (κ3) is 7.83. The first-order valence-electron chi connectivity index (χ1n) is 9.17. The van der Waals surface area contributed by atoms with E-state index in [1.165, 1.54) is 6.92 Å². The van der Waals surface area contributed by atoms with Crippen molar-refractivity contribution < 1.29 is 19.1 Å². The Labute approximate surface area is 174 Å². The van der Waals surface area contributed by atoms with Crippen LogP contribution < -0.4 is 16.4 Å². The standard InChI is InChI=1S/C21H24ClN3O4/c1-14(20(27)24-12-11-15-5-3-2-4-6-15)29-19(26)13-18(25-21(23)28)16-7-9-17(22)10-8-16/h2-10,14,18H,11-13H2,1H3,(H,24,27)(H3,23,25,28)/t14-,18-/m0/s1. The van der Waals surface area contributed by atoms with E-state index in [4.69, 9.17) is 22.1 Å². The van der Waals surface area contributed by atoms with Gasteiger partial charge in [-0.15, -0.1) is 0 Å². The van der Waals surface area contributed by atoms with Gasteiger partial charge in [-0.05, 0) is 36.6 Å². The molecule has 0 aromatic heterocycles. The molecule has 0 bridgehead atoms. The molecule has 0 unspecified atom stereocenters. The molecule has 154 valence electrons. The van der Waals surface area contributed by atoms with Gasteiger partial charge in [0.05, 0.1) is 12.5 Å². The highest BCUT2D eigenvalue weighted by molar-refractivity contribution is 6.30. The summed E-state index contributed by atoms with van der Waals surface area (Å²) >= 11 is 5.86. The monoisotopic (exact) mass is 417 g/mol. The van der Waals surface area contributed by atoms with Crippen molar-refractivity contribution in [1.82, 2.24) is 10.6 Å². The molecule has 2 rings (SSSR count). The Balaban J connectivity index is 1.85. The predicted octanol–water partition coefficient (Wildman–Crippen LogP) is 2.73. The van der Waals surface area contributed by atoms with Crippen LogP contribution in [0.5, 0.6) is 0 Å². The highest BCUT2D eigenvalue weighted by Gasteiger charge is 2.22. The average Bonchev–Trinajstić information content (AvgIpc) is 2.68. The number of rotatable bonds is 9. The number of nitrogens with two attached hydrogens (primary N) is 1. The number of carbonyl (C=O) groups excluding carboxylic acids is 3. The summed E-state index contributed by atoms with van der Waals surface area (Å²) in [4.78, 5) is 35.7. The van der Waals surface area contributed by atoms with E-state index < -0.39 is 24.1 Å². The minimum Gasteiger partial charge on any atom is -0.452 e. The Morgan fingerprint density at radius 2 is 1.72 bits per heavy atom. The lowest BCUT2D eigenvalue weighted by molar-refractivity contribution is -0.155. The molecular weight excluding hydrogens is 394 g/mol. The van der Waals surface area contributed by atoms with Crippen LogP contribution in [0.25, 0.3) is 0 Å². The van der Waals surface area contributed by atoms with E-state index in [1.807, 2.05) is 30.3 Å². The van der Waals surface area contributed by atoms with Crippen molar-refractivity contribution in [2.45, 2.75) is 31.9 Å². The molecular formula is C21H24ClN3O4. The summed E-state index contributed by atoms with van der Waals surface area (Å²) in [5, 5.41) is 5.76. The summed E-state index contributed by atoms with van der Waals surface area (Å²) in [6.45, 7) is 1.93. The second-order valence-corrected chi connectivity index (χ2v) is 6.91. The number of esters is 1. The normalized spacial score (nSPS) is 12.5. The largest absolute Gasteiger partial charge is 0.452 e. The van der Waals surface area contributed by atoms with E-state index >= 15 is 0 Å². The first kappa shape index (κ1) is 22.2. The van der Waals surface area contributed by atoms with E-state index in [0.29, 0.717) is 23.6 Å². The molecule has 0 heterocycles. The van der Waals surface area contributed by atoms with Gasteiger partial charge in [0.15, 0.2) is 6.10 Å². The predicted molar refractivity (Wildman–Crippen MR) is 110 cm³/mol. The minimum atomic E-state index is -0.960. The maximum atomic E-state index is 12.3. The van der Waals surface area contributed by atoms with Gasteiger partial charge in [-0.25, -0.2) is 4.79 Å². The van der Waals surface area contributed by atoms with Crippen LogP contribution in [0.1, 0.15) is 30.5 Å². The molecule has 8 heteroatoms. The number of nitrogens with one attached hydrogen (secondary N) is 2. The Hall–Kier alpha value is -3.06. The van der Waals surface area contributed by atoms with Gasteiger partial charge >= 0.3 is 12.0 Å². The van der Waals surface area contributed by atoms with Crippen molar-refractivity contribution in [3.05, 3.63) is 70.7 Å². The van der Waals surface area contributed by atoms with Crippen LogP contribution in [0.4, 0.5) is 4.79 Å². The van der Waals surface area contributed by atoms with E-state index in [-0.39, 0.29) is 12.3 Å². The number of carbonyl (C=O) groups is 3. The maximum absolute atomic E-state index is 12.3. The number of ether oxygens (including phenoxy) is 1. The molecule has 2 atom stereocenters. The van der Waals surface area contributed by atoms with Crippen LogP contribution in [-0.2, 0) is 20.7 Å². The Bertz CT molecular complexity index is 828. The minimum absolute atomic E-state index is 0.174. The molecule has 7 nitrogen and oxygen atoms in total. The quantitative estimate of drug-likeness (QED) is 0.545. The van der Waals surface area contributed by atoms with Crippen LogP contribution in [0.3, 0.4) is 0 Å². The number of halogens is 1. The third-order valence-electron chi connectivity index (χ3n) is 4.19. The van der Waals surface area contributed by atoms with Gasteiger partial charge in [-0.1, -0.05) is 54.1 Å². The number of urea groups is 1. The number of primary amides is 1. The Morgan fingerprint density at radius 1 is 1.07 bits per heavy atom. The van der Waals surface area contributed by atoms with Crippen LogP contribution in [0.2, 0.25) is 5.02 Å². The smallest absolute Gasteiger partial charge is 0.312 e. The number of amides is 3. The summed E-state index contributed by atoms with van der Waals surface area (Å²) in [5.74, 6) is -1.02. The van der Waals surface area contributed by atoms with Gasteiger partial charge in [0.25, 0.3) is 5.91 Å². The zero-order valence-electron chi connectivity index (χ0n) is 16.1. The van der Waals surface area contributed by atoms with E-state index in [0.717, 1.165) is 5.56 Å². The summed E-state index contributed by atoms with van der Waals surface area (Å²) < 4.78 is 5.20. The third-order valence-corrected chi connectivity index (χ3v) is 4.44. The van der Waals surface area contributed by atoms with E-state index in [9.17, 15) is 14.4 Å². The lowest BCUT2D eigenvalue weighted by Gasteiger charge is -2.19. The summed E-state index contributed by atoms with van der Waals surface area (Å²) in [6.07, 6.45) is -0.460. The van der Waals surface area contributed by atoms with E-state index in [2.05, 4.69) is 10.6 Å². The zero-order chi connectivity index (χ0) is 21.2. The van der Waals surface area contributed by atoms with Gasteiger partial charge in [0.2, 0.25) is 0 Å². The second kappa shape index (κ2) is 11.1. The molecule has 0 fully saturated rings. The first-order valence-corrected chi connectivity index (χ1v) is 9.55. The number of hydrogen-bond acceptors (Lipinski definition) is 4. The van der Waals surface area contributed by atoms with Crippen molar-refractivity contribution in [3.8, 4) is 0 Å². The van der Waals surface area contributed by atoms with Gasteiger partial charge in [0.1, 0.15) is 0 Å². The molecule has 2 aromatic rings. The molecule has 0 saturated heterocycles. The van der Waals surface area contributed by atoms with Crippen LogP contribution in [0.15, 0.2) is 54.6 Å². The van der Waals surface area contributed by atoms with Crippen molar-refractivity contribution in [2.75, 3.05) is 6.54 Å². The van der Waals surface area contributed by atoms with Gasteiger partial charge in [-0.2, -0.15) is 0 Å². The fraction of sp³-hybridized carbons (Fsp3) is 0.286. The van der Waals surface area contributed by atoms with Crippen molar-refractivity contribution in [3.63, 3.8) is 0 Å². The number of benzene rings is 2. The summed E-state index contributed by atoms with van der Waals surface area (Å²) in [7, 11) is 0. The molecule has 0 spiro atoms. The fourth-order valence-electron chi connectivity index (χ4n) is 2.70. The molecule has 2 aromatic carbocycles. The topological polar surface area (TPSA) is 111 Å². The fourth-order valence-corrected chi connectivity index (χ4v) is 2.83. The lowest BCUT2D eigenvalue weighted by Crippen LogP contribution is -2.38. The van der Waals surface area contributed by atoms with Crippen molar-refractivity contribution in [2.24, 2.45) is 5.73 Å². The molecule has 4 N–H and O–H groups in total. The van der Waals surface area contributed by atoms with Crippen LogP contribution in [0, 0.1) is 0 Å². The molecule has 29 heavy (non-hydrogen) atoms. The molecule has 0 radical (unpaired) electrons. The zero-order valence-corrected chi connectivity index (χ0v) is 16.8. The second-order valence-electron chi connectivity index (χ2n) is 6.48. The van der Waals surface area contributed by atoms with Crippen LogP contribution >= 0.6 is 11.6 Å². The lowest BCUT2D eigenvalue weighted by atomic mass is 10.0. The molecule has 3 amide bonds. The molecule has 0 aliphatic carbocycles. The molecule has 0 saturated carbocycles. The summed E-state index contributed by atoms with van der Waals surface area (Å²) in [6, 6.07) is 14.9. The highest BCUT2D eigenvalue weighted by atomic mass is 35.5. The first-order chi connectivity index (χ1) is 13.8. The van der Waals surface area contributed by atoms with Crippen molar-refractivity contribution in [1.29, 1.82) is 0 Å². The Morgan fingerprint density at radius 3 is 2.34 bits per heavy atom. The van der Waals surface area contributed by atoms with Gasteiger partial charge < -0.3 is 21.1 Å². The maximum Gasteiger partial charge on any atom is 0.312 e. The number of hydrogen-bond donors (Lipinski definition) is 3. The van der Waals surface area contributed by atoms with Gasteiger partial charge in [0, 0.05) is 11.6 Å².